The number of aryl methyl sites for hydroxylation is 1. The van der Waals surface area contributed by atoms with Crippen molar-refractivity contribution in [1.29, 1.82) is 0 Å². The van der Waals surface area contributed by atoms with Gasteiger partial charge in [-0.3, -0.25) is 4.79 Å². The lowest BCUT2D eigenvalue weighted by Gasteiger charge is -2.03. The summed E-state index contributed by atoms with van der Waals surface area (Å²) in [5, 5.41) is 0. The highest BCUT2D eigenvalue weighted by Gasteiger charge is 2.29. The fourth-order valence-corrected chi connectivity index (χ4v) is 3.50. The van der Waals surface area contributed by atoms with E-state index in [4.69, 9.17) is 0 Å². The molecule has 0 spiro atoms. The maximum Gasteiger partial charge on any atom is 0.251 e. The van der Waals surface area contributed by atoms with Crippen molar-refractivity contribution in [3.8, 4) is 0 Å². The maximum atomic E-state index is 13.3. The highest BCUT2D eigenvalue weighted by atomic mass is 32.2. The molecule has 1 heterocycles. The van der Waals surface area contributed by atoms with Gasteiger partial charge in [-0.05, 0) is 37.3 Å². The largest absolute Gasteiger partial charge is 0.316 e. The lowest BCUT2D eigenvalue weighted by molar-refractivity contribution is -0.119. The van der Waals surface area contributed by atoms with Crippen LogP contribution in [0.5, 0.6) is 0 Å². The number of carbonyl (C=O) groups is 1. The van der Waals surface area contributed by atoms with Crippen molar-refractivity contribution in [2.45, 2.75) is 19.4 Å². The van der Waals surface area contributed by atoms with Gasteiger partial charge >= 0.3 is 0 Å². The van der Waals surface area contributed by atoms with Crippen LogP contribution in [-0.4, -0.2) is 22.5 Å². The molecule has 0 atom stereocenters. The summed E-state index contributed by atoms with van der Waals surface area (Å²) in [5.74, 6) is 0.769. The zero-order valence-corrected chi connectivity index (χ0v) is 12.8. The molecule has 0 bridgehead atoms. The van der Waals surface area contributed by atoms with Crippen LogP contribution in [0.1, 0.15) is 12.8 Å². The zero-order valence-electron chi connectivity index (χ0n) is 11.1. The van der Waals surface area contributed by atoms with E-state index in [1.807, 2.05) is 10.8 Å². The lowest BCUT2D eigenvalue weighted by atomic mass is 10.3. The number of thioether (sulfide) groups is 1. The van der Waals surface area contributed by atoms with Crippen LogP contribution in [0.25, 0.3) is 10.2 Å². The Morgan fingerprint density at radius 1 is 1.55 bits per heavy atom. The Kier molecular flexibility index (Phi) is 3.94. The normalized spacial score (nSPS) is 16.0. The Balaban J connectivity index is 2.10. The molecular formula is C14H15FN2OS2. The van der Waals surface area contributed by atoms with Gasteiger partial charge in [0, 0.05) is 18.2 Å². The minimum Gasteiger partial charge on any atom is -0.316 e. The van der Waals surface area contributed by atoms with Gasteiger partial charge in [0.15, 0.2) is 4.80 Å². The monoisotopic (exact) mass is 310 g/mol. The summed E-state index contributed by atoms with van der Waals surface area (Å²) in [6.45, 7) is 0.781. The van der Waals surface area contributed by atoms with Gasteiger partial charge in [-0.25, -0.2) is 4.39 Å². The number of nitrogens with zero attached hydrogens (tertiary/aromatic N) is 2. The summed E-state index contributed by atoms with van der Waals surface area (Å²) in [6, 6.07) is 4.73. The third-order valence-electron chi connectivity index (χ3n) is 3.30. The van der Waals surface area contributed by atoms with E-state index >= 15 is 0 Å². The van der Waals surface area contributed by atoms with Gasteiger partial charge in [-0.2, -0.15) is 16.8 Å². The molecule has 106 valence electrons. The summed E-state index contributed by atoms with van der Waals surface area (Å²) in [6.07, 6.45) is 3.94. The van der Waals surface area contributed by atoms with Crippen molar-refractivity contribution >= 4 is 39.2 Å². The van der Waals surface area contributed by atoms with Crippen LogP contribution in [0.3, 0.4) is 0 Å². The average Bonchev–Trinajstić information content (AvgIpc) is 3.21. The van der Waals surface area contributed by atoms with Crippen LogP contribution in [0.4, 0.5) is 4.39 Å². The molecule has 6 heteroatoms. The van der Waals surface area contributed by atoms with Crippen molar-refractivity contribution in [3.63, 3.8) is 0 Å². The Morgan fingerprint density at radius 3 is 3.05 bits per heavy atom. The van der Waals surface area contributed by atoms with Crippen LogP contribution < -0.4 is 4.80 Å². The number of thiazole rings is 1. The van der Waals surface area contributed by atoms with Crippen molar-refractivity contribution in [1.82, 2.24) is 4.57 Å². The second-order valence-electron chi connectivity index (χ2n) is 4.87. The molecule has 1 saturated carbocycles. The lowest BCUT2D eigenvalue weighted by Crippen LogP contribution is -2.18. The molecule has 0 aliphatic heterocycles. The van der Waals surface area contributed by atoms with E-state index < -0.39 is 0 Å². The smallest absolute Gasteiger partial charge is 0.251 e. The second kappa shape index (κ2) is 5.69. The predicted octanol–water partition coefficient (Wildman–Crippen LogP) is 3.04. The summed E-state index contributed by atoms with van der Waals surface area (Å²) >= 11 is 3.13. The van der Waals surface area contributed by atoms with Crippen LogP contribution in [-0.2, 0) is 11.3 Å². The number of fused-ring (bicyclic) bond motifs is 1. The molecule has 1 aliphatic carbocycles. The van der Waals surface area contributed by atoms with Crippen LogP contribution >= 0.6 is 23.1 Å². The Bertz CT molecular complexity index is 716. The molecule has 20 heavy (non-hydrogen) atoms. The predicted molar refractivity (Wildman–Crippen MR) is 81.4 cm³/mol. The molecule has 3 nitrogen and oxygen atoms in total. The Morgan fingerprint density at radius 2 is 2.35 bits per heavy atom. The van der Waals surface area contributed by atoms with Crippen molar-refractivity contribution in [2.24, 2.45) is 10.9 Å². The molecule has 0 N–H and O–H groups in total. The van der Waals surface area contributed by atoms with Gasteiger partial charge in [-0.1, -0.05) is 11.3 Å². The maximum absolute atomic E-state index is 13.3. The fraction of sp³-hybridized carbons (Fsp3) is 0.429. The first kappa shape index (κ1) is 13.8. The van der Waals surface area contributed by atoms with Gasteiger partial charge in [0.25, 0.3) is 5.91 Å². The standard InChI is InChI=1S/C14H15FN2OS2/c1-19-7-6-17-11-5-4-10(15)8-12(11)20-14(17)16-13(18)9-2-3-9/h4-5,8-9H,2-3,6-7H2,1H3. The molecule has 2 aromatic rings. The summed E-state index contributed by atoms with van der Waals surface area (Å²) in [4.78, 5) is 16.8. The first-order valence-electron chi connectivity index (χ1n) is 6.55. The topological polar surface area (TPSA) is 34.4 Å². The van der Waals surface area contributed by atoms with Crippen molar-refractivity contribution < 1.29 is 9.18 Å². The highest BCUT2D eigenvalue weighted by Crippen LogP contribution is 2.30. The number of carbonyl (C=O) groups excluding carboxylic acids is 1. The van der Waals surface area contributed by atoms with Gasteiger partial charge < -0.3 is 4.57 Å². The summed E-state index contributed by atoms with van der Waals surface area (Å²) in [7, 11) is 0. The van der Waals surface area contributed by atoms with E-state index in [0.717, 1.165) is 35.4 Å². The molecule has 1 aromatic carbocycles. The third-order valence-corrected chi connectivity index (χ3v) is 4.93. The first-order chi connectivity index (χ1) is 9.69. The number of halogens is 1. The molecule has 1 fully saturated rings. The zero-order chi connectivity index (χ0) is 14.1. The number of amides is 1. The van der Waals surface area contributed by atoms with E-state index in [-0.39, 0.29) is 17.6 Å². The Labute approximate surface area is 124 Å². The summed E-state index contributed by atoms with van der Waals surface area (Å²) in [5.41, 5.74) is 0.952. The quantitative estimate of drug-likeness (QED) is 0.870. The number of hydrogen-bond donors (Lipinski definition) is 0. The second-order valence-corrected chi connectivity index (χ2v) is 6.86. The minimum atomic E-state index is -0.254. The molecule has 1 amide bonds. The summed E-state index contributed by atoms with van der Waals surface area (Å²) < 4.78 is 16.2. The molecule has 0 saturated heterocycles. The van der Waals surface area contributed by atoms with Gasteiger partial charge in [0.05, 0.1) is 10.2 Å². The van der Waals surface area contributed by atoms with E-state index in [9.17, 15) is 9.18 Å². The van der Waals surface area contributed by atoms with Crippen LogP contribution in [0.2, 0.25) is 0 Å². The van der Waals surface area contributed by atoms with E-state index in [2.05, 4.69) is 4.99 Å². The third kappa shape index (κ3) is 2.81. The van der Waals surface area contributed by atoms with E-state index in [1.54, 1.807) is 17.8 Å². The van der Waals surface area contributed by atoms with Gasteiger partial charge in [0.2, 0.25) is 0 Å². The van der Waals surface area contributed by atoms with E-state index in [0.29, 0.717) is 4.80 Å². The van der Waals surface area contributed by atoms with Gasteiger partial charge in [0.1, 0.15) is 5.82 Å². The Hall–Kier alpha value is -1.14. The van der Waals surface area contributed by atoms with Crippen LogP contribution in [0, 0.1) is 11.7 Å². The highest BCUT2D eigenvalue weighted by molar-refractivity contribution is 7.98. The van der Waals surface area contributed by atoms with Gasteiger partial charge in [-0.15, -0.1) is 0 Å². The number of aromatic nitrogens is 1. The van der Waals surface area contributed by atoms with Crippen molar-refractivity contribution in [2.75, 3.05) is 12.0 Å². The molecule has 3 rings (SSSR count). The first-order valence-corrected chi connectivity index (χ1v) is 8.76. The number of hydrogen-bond acceptors (Lipinski definition) is 3. The number of benzene rings is 1. The number of rotatable bonds is 4. The molecule has 1 aromatic heterocycles. The van der Waals surface area contributed by atoms with E-state index in [1.165, 1.54) is 23.5 Å². The molecule has 1 aliphatic rings. The fourth-order valence-electron chi connectivity index (χ4n) is 2.05. The van der Waals surface area contributed by atoms with Crippen LogP contribution in [0.15, 0.2) is 23.2 Å². The van der Waals surface area contributed by atoms with Crippen molar-refractivity contribution in [3.05, 3.63) is 28.8 Å². The SMILES string of the molecule is CSCCn1c(=NC(=O)C2CC2)sc2cc(F)ccc21. The molecule has 0 radical (unpaired) electrons. The minimum absolute atomic E-state index is 0.0325. The molecular weight excluding hydrogens is 295 g/mol. The molecule has 0 unspecified atom stereocenters. The average molecular weight is 310 g/mol.